The second kappa shape index (κ2) is 8.32. The summed E-state index contributed by atoms with van der Waals surface area (Å²) in [5, 5.41) is 16.6. The van der Waals surface area contributed by atoms with E-state index in [9.17, 15) is 5.26 Å². The van der Waals surface area contributed by atoms with Crippen molar-refractivity contribution < 1.29 is 4.42 Å². The summed E-state index contributed by atoms with van der Waals surface area (Å²) >= 11 is 1.87. The number of fused-ring (bicyclic) bond motifs is 10. The molecule has 4 heteroatoms. The maximum absolute atomic E-state index is 9.48. The van der Waals surface area contributed by atoms with E-state index in [1.54, 1.807) is 6.07 Å². The standard InChI is InChI=1S/C37H20N2OS/c38-21-22-13-17-33-28(19-22)29-20-23(14-18-34(29)40-33)24-7-1-4-10-30(24)39-31-11-5-2-9-27(31)36-32(39)16-15-26-25-8-3-6-12-35(25)41-37(26)36/h1-20H. The molecule has 9 rings (SSSR count). The fourth-order valence-electron chi connectivity index (χ4n) is 6.42. The summed E-state index contributed by atoms with van der Waals surface area (Å²) in [6, 6.07) is 44.8. The average Bonchev–Trinajstić information content (AvgIpc) is 3.69. The molecule has 0 unspecified atom stereocenters. The van der Waals surface area contributed by atoms with Gasteiger partial charge in [-0.3, -0.25) is 0 Å². The number of aromatic nitrogens is 1. The molecule has 0 atom stereocenters. The minimum absolute atomic E-state index is 0.629. The van der Waals surface area contributed by atoms with Crippen molar-refractivity contribution in [2.45, 2.75) is 0 Å². The zero-order valence-electron chi connectivity index (χ0n) is 21.8. The molecular weight excluding hydrogens is 520 g/mol. The topological polar surface area (TPSA) is 41.9 Å². The molecule has 3 heterocycles. The maximum atomic E-state index is 9.48. The van der Waals surface area contributed by atoms with Crippen molar-refractivity contribution in [3.8, 4) is 22.9 Å². The Bertz CT molecular complexity index is 2560. The smallest absolute Gasteiger partial charge is 0.135 e. The van der Waals surface area contributed by atoms with Crippen molar-refractivity contribution in [1.82, 2.24) is 4.57 Å². The molecule has 0 bridgehead atoms. The number of nitriles is 1. The van der Waals surface area contributed by atoms with E-state index in [-0.39, 0.29) is 0 Å². The number of rotatable bonds is 2. The van der Waals surface area contributed by atoms with Crippen LogP contribution in [0, 0.1) is 11.3 Å². The highest BCUT2D eigenvalue weighted by molar-refractivity contribution is 7.26. The van der Waals surface area contributed by atoms with Crippen LogP contribution in [0.15, 0.2) is 126 Å². The van der Waals surface area contributed by atoms with E-state index in [0.29, 0.717) is 5.56 Å². The number of benzene rings is 6. The predicted octanol–water partition coefficient (Wildman–Crippen LogP) is 10.6. The van der Waals surface area contributed by atoms with Crippen LogP contribution in [-0.4, -0.2) is 4.57 Å². The molecule has 9 aromatic rings. The summed E-state index contributed by atoms with van der Waals surface area (Å²) in [5.41, 5.74) is 8.00. The Hall–Kier alpha value is -5.37. The number of hydrogen-bond donors (Lipinski definition) is 0. The molecule has 3 aromatic heterocycles. The molecule has 0 saturated carbocycles. The summed E-state index contributed by atoms with van der Waals surface area (Å²) in [5.74, 6) is 0. The van der Waals surface area contributed by atoms with Crippen molar-refractivity contribution >= 4 is 75.3 Å². The highest BCUT2D eigenvalue weighted by Gasteiger charge is 2.19. The summed E-state index contributed by atoms with van der Waals surface area (Å²) in [6.07, 6.45) is 0. The van der Waals surface area contributed by atoms with Crippen molar-refractivity contribution in [1.29, 1.82) is 5.26 Å². The van der Waals surface area contributed by atoms with Crippen LogP contribution in [0.5, 0.6) is 0 Å². The lowest BCUT2D eigenvalue weighted by Gasteiger charge is -2.14. The number of thiophene rings is 1. The van der Waals surface area contributed by atoms with Crippen LogP contribution in [0.3, 0.4) is 0 Å². The minimum Gasteiger partial charge on any atom is -0.456 e. The molecule has 0 saturated heterocycles. The molecule has 41 heavy (non-hydrogen) atoms. The lowest BCUT2D eigenvalue weighted by molar-refractivity contribution is 0.669. The third kappa shape index (κ3) is 3.12. The molecule has 0 spiro atoms. The van der Waals surface area contributed by atoms with Gasteiger partial charge >= 0.3 is 0 Å². The summed E-state index contributed by atoms with van der Waals surface area (Å²) in [4.78, 5) is 0. The molecule has 0 aliphatic carbocycles. The molecule has 6 aromatic carbocycles. The second-order valence-corrected chi connectivity index (χ2v) is 11.5. The number of furan rings is 1. The molecular formula is C37H20N2OS. The monoisotopic (exact) mass is 540 g/mol. The van der Waals surface area contributed by atoms with E-state index in [1.165, 1.54) is 42.0 Å². The normalized spacial score (nSPS) is 11.9. The van der Waals surface area contributed by atoms with Gasteiger partial charge in [0.25, 0.3) is 0 Å². The van der Waals surface area contributed by atoms with Crippen LogP contribution >= 0.6 is 11.3 Å². The number of nitrogens with zero attached hydrogens (tertiary/aromatic N) is 2. The van der Waals surface area contributed by atoms with Gasteiger partial charge in [-0.25, -0.2) is 0 Å². The third-order valence-corrected chi connectivity index (χ3v) is 9.44. The highest BCUT2D eigenvalue weighted by Crippen LogP contribution is 2.44. The summed E-state index contributed by atoms with van der Waals surface area (Å²) < 4.78 is 11.2. The molecule has 190 valence electrons. The Morgan fingerprint density at radius 1 is 0.610 bits per heavy atom. The van der Waals surface area contributed by atoms with Crippen molar-refractivity contribution in [3.05, 3.63) is 127 Å². The van der Waals surface area contributed by atoms with E-state index in [4.69, 9.17) is 4.42 Å². The molecule has 0 N–H and O–H groups in total. The van der Waals surface area contributed by atoms with Gasteiger partial charge in [-0.2, -0.15) is 5.26 Å². The Morgan fingerprint density at radius 3 is 2.27 bits per heavy atom. The number of para-hydroxylation sites is 2. The van der Waals surface area contributed by atoms with Gasteiger partial charge in [-0.1, -0.05) is 66.7 Å². The molecule has 0 aliphatic heterocycles. The Kier molecular flexibility index (Phi) is 4.55. The molecule has 0 amide bonds. The average molecular weight is 541 g/mol. The lowest BCUT2D eigenvalue weighted by Crippen LogP contribution is -1.97. The quantitative estimate of drug-likeness (QED) is 0.219. The first kappa shape index (κ1) is 22.4. The largest absolute Gasteiger partial charge is 0.456 e. The minimum atomic E-state index is 0.629. The van der Waals surface area contributed by atoms with Gasteiger partial charge in [-0.15, -0.1) is 11.3 Å². The Morgan fingerprint density at radius 2 is 1.37 bits per heavy atom. The first-order valence-corrected chi connectivity index (χ1v) is 14.4. The van der Waals surface area contributed by atoms with Gasteiger partial charge < -0.3 is 8.98 Å². The first-order valence-electron chi connectivity index (χ1n) is 13.6. The first-order chi connectivity index (χ1) is 20.3. The summed E-state index contributed by atoms with van der Waals surface area (Å²) in [6.45, 7) is 0. The van der Waals surface area contributed by atoms with E-state index in [2.05, 4.69) is 108 Å². The van der Waals surface area contributed by atoms with Crippen LogP contribution in [0.2, 0.25) is 0 Å². The van der Waals surface area contributed by atoms with E-state index in [0.717, 1.165) is 38.8 Å². The van der Waals surface area contributed by atoms with Crippen LogP contribution in [-0.2, 0) is 0 Å². The van der Waals surface area contributed by atoms with Crippen LogP contribution in [0.1, 0.15) is 5.56 Å². The van der Waals surface area contributed by atoms with Gasteiger partial charge in [0.05, 0.1) is 28.4 Å². The summed E-state index contributed by atoms with van der Waals surface area (Å²) in [7, 11) is 0. The van der Waals surface area contributed by atoms with Gasteiger partial charge in [0.15, 0.2) is 0 Å². The van der Waals surface area contributed by atoms with Crippen molar-refractivity contribution in [2.24, 2.45) is 0 Å². The fraction of sp³-hybridized carbons (Fsp3) is 0. The third-order valence-electron chi connectivity index (χ3n) is 8.23. The highest BCUT2D eigenvalue weighted by atomic mass is 32.1. The predicted molar refractivity (Wildman–Crippen MR) is 171 cm³/mol. The van der Waals surface area contributed by atoms with Crippen molar-refractivity contribution in [3.63, 3.8) is 0 Å². The maximum Gasteiger partial charge on any atom is 0.135 e. The van der Waals surface area contributed by atoms with Crippen molar-refractivity contribution in [2.75, 3.05) is 0 Å². The zero-order chi connectivity index (χ0) is 27.1. The molecule has 0 fully saturated rings. The van der Waals surface area contributed by atoms with E-state index in [1.807, 2.05) is 29.5 Å². The van der Waals surface area contributed by atoms with Crippen LogP contribution in [0.25, 0.3) is 80.7 Å². The Balaban J connectivity index is 1.35. The van der Waals surface area contributed by atoms with Crippen LogP contribution < -0.4 is 0 Å². The molecule has 0 radical (unpaired) electrons. The molecule has 0 aliphatic rings. The van der Waals surface area contributed by atoms with Gasteiger partial charge in [0, 0.05) is 47.3 Å². The van der Waals surface area contributed by atoms with E-state index < -0.39 is 0 Å². The Labute approximate surface area is 238 Å². The van der Waals surface area contributed by atoms with Gasteiger partial charge in [0.1, 0.15) is 11.2 Å². The van der Waals surface area contributed by atoms with E-state index >= 15 is 0 Å². The molecule has 3 nitrogen and oxygen atoms in total. The van der Waals surface area contributed by atoms with Gasteiger partial charge in [0.2, 0.25) is 0 Å². The fourth-order valence-corrected chi connectivity index (χ4v) is 7.68. The SMILES string of the molecule is N#Cc1ccc2oc3ccc(-c4ccccc4-n4c5ccccc5c5c6sc7ccccc7c6ccc54)cc3c2c1. The zero-order valence-corrected chi connectivity index (χ0v) is 22.6. The lowest BCUT2D eigenvalue weighted by atomic mass is 10.0. The van der Waals surface area contributed by atoms with Crippen LogP contribution in [0.4, 0.5) is 0 Å². The second-order valence-electron chi connectivity index (χ2n) is 10.4. The number of hydrogen-bond acceptors (Lipinski definition) is 3. The van der Waals surface area contributed by atoms with Gasteiger partial charge in [-0.05, 0) is 60.2 Å².